The fourth-order valence-electron chi connectivity index (χ4n) is 2.98. The van der Waals surface area contributed by atoms with Gasteiger partial charge in [0.25, 0.3) is 0 Å². The van der Waals surface area contributed by atoms with Gasteiger partial charge < -0.3 is 26.4 Å². The summed E-state index contributed by atoms with van der Waals surface area (Å²) in [5.41, 5.74) is 7.85. The molecule has 8 heteroatoms. The minimum Gasteiger partial charge on any atom is -0.494 e. The van der Waals surface area contributed by atoms with Crippen molar-refractivity contribution in [2.24, 2.45) is 5.73 Å². The van der Waals surface area contributed by atoms with E-state index >= 15 is 0 Å². The summed E-state index contributed by atoms with van der Waals surface area (Å²) in [6, 6.07) is 14.8. The largest absolute Gasteiger partial charge is 0.494 e. The predicted octanol–water partition coefficient (Wildman–Crippen LogP) is 5.52. The highest BCUT2D eigenvalue weighted by molar-refractivity contribution is 7.80. The van der Waals surface area contributed by atoms with Gasteiger partial charge >= 0.3 is 0 Å². The van der Waals surface area contributed by atoms with E-state index in [-0.39, 0.29) is 5.11 Å². The number of ether oxygens (including phenoxy) is 1. The van der Waals surface area contributed by atoms with Gasteiger partial charge in [0.1, 0.15) is 12.4 Å². The number of alkyl halides is 1. The Morgan fingerprint density at radius 2 is 1.58 bits per heavy atom. The Morgan fingerprint density at radius 3 is 2.29 bits per heavy atom. The van der Waals surface area contributed by atoms with Gasteiger partial charge in [0.15, 0.2) is 10.2 Å². The Balaban J connectivity index is 1.45. The van der Waals surface area contributed by atoms with Crippen molar-refractivity contribution in [1.82, 2.24) is 5.32 Å². The lowest BCUT2D eigenvalue weighted by Crippen LogP contribution is -2.29. The molecule has 31 heavy (non-hydrogen) atoms. The maximum absolute atomic E-state index is 12.5. The van der Waals surface area contributed by atoms with Gasteiger partial charge in [-0.1, -0.05) is 43.9 Å². The van der Waals surface area contributed by atoms with Gasteiger partial charge in [-0.05, 0) is 67.1 Å². The van der Waals surface area contributed by atoms with E-state index in [1.807, 2.05) is 36.4 Å². The van der Waals surface area contributed by atoms with Crippen molar-refractivity contribution in [3.8, 4) is 5.75 Å². The Kier molecular flexibility index (Phi) is 11.6. The number of nitrogens with two attached hydrogens (primary N) is 1. The topological polar surface area (TPSA) is 71.3 Å². The van der Waals surface area contributed by atoms with Crippen LogP contribution in [0.15, 0.2) is 48.5 Å². The summed E-state index contributed by atoms with van der Waals surface area (Å²) >= 11 is 10.1. The summed E-state index contributed by atoms with van der Waals surface area (Å²) < 4.78 is 18.3. The molecule has 2 aromatic carbocycles. The number of rotatable bonds is 13. The minimum atomic E-state index is -0.452. The molecule has 0 fully saturated rings. The number of benzene rings is 2. The quantitative estimate of drug-likeness (QED) is 0.231. The van der Waals surface area contributed by atoms with Gasteiger partial charge in [-0.25, -0.2) is 4.39 Å². The van der Waals surface area contributed by atoms with Crippen LogP contribution in [0.2, 0.25) is 0 Å². The van der Waals surface area contributed by atoms with Crippen molar-refractivity contribution in [3.05, 3.63) is 54.1 Å². The molecule has 0 radical (unpaired) electrons. The third-order valence-electron chi connectivity index (χ3n) is 4.59. The Bertz CT molecular complexity index is 817. The summed E-state index contributed by atoms with van der Waals surface area (Å²) in [7, 11) is 0. The molecule has 0 aromatic heterocycles. The van der Waals surface area contributed by atoms with Crippen LogP contribution in [0.4, 0.5) is 15.8 Å². The lowest BCUT2D eigenvalue weighted by Gasteiger charge is -2.11. The first-order valence-electron chi connectivity index (χ1n) is 10.6. The van der Waals surface area contributed by atoms with E-state index in [0.717, 1.165) is 49.4 Å². The van der Waals surface area contributed by atoms with E-state index in [1.54, 1.807) is 12.1 Å². The van der Waals surface area contributed by atoms with Crippen LogP contribution in [0, 0.1) is 0 Å². The van der Waals surface area contributed by atoms with Crippen LogP contribution in [0.3, 0.4) is 0 Å². The van der Waals surface area contributed by atoms with E-state index < -0.39 is 6.67 Å². The summed E-state index contributed by atoms with van der Waals surface area (Å²) in [5.74, 6) is 0.815. The number of nitrogens with one attached hydrogen (secondary N) is 3. The Labute approximate surface area is 194 Å². The van der Waals surface area contributed by atoms with E-state index in [0.29, 0.717) is 17.3 Å². The number of halogens is 1. The highest BCUT2D eigenvalue weighted by Crippen LogP contribution is 2.18. The van der Waals surface area contributed by atoms with Crippen molar-refractivity contribution < 1.29 is 9.13 Å². The smallest absolute Gasteiger partial charge is 0.170 e. The van der Waals surface area contributed by atoms with Crippen molar-refractivity contribution in [2.45, 2.75) is 45.2 Å². The second-order valence-electron chi connectivity index (χ2n) is 7.20. The van der Waals surface area contributed by atoms with Crippen LogP contribution in [0.25, 0.3) is 0 Å². The van der Waals surface area contributed by atoms with E-state index in [9.17, 15) is 4.39 Å². The standard InChI is InChI=1S/C23H31FN4OS2/c24-17-18-10-12-19(13-11-18)28-23(31)26-14-5-3-1-2-4-6-15-29-21-9-7-8-20(16-21)27-22(25)30/h7-13,16H,1-6,14-15,17H2,(H3,25,27,30)(H2,26,28,31). The highest BCUT2D eigenvalue weighted by Gasteiger charge is 2.00. The van der Waals surface area contributed by atoms with Gasteiger partial charge in [-0.15, -0.1) is 0 Å². The summed E-state index contributed by atoms with van der Waals surface area (Å²) in [6.07, 6.45) is 6.79. The molecule has 5 N–H and O–H groups in total. The highest BCUT2D eigenvalue weighted by atomic mass is 32.1. The molecule has 0 unspecified atom stereocenters. The number of anilines is 2. The zero-order valence-electron chi connectivity index (χ0n) is 17.7. The molecule has 0 atom stereocenters. The first kappa shape index (κ1) is 24.8. The zero-order chi connectivity index (χ0) is 22.3. The molecular weight excluding hydrogens is 431 g/mol. The lowest BCUT2D eigenvalue weighted by atomic mass is 10.1. The molecule has 0 amide bonds. The molecule has 168 valence electrons. The molecule has 0 saturated carbocycles. The van der Waals surface area contributed by atoms with Crippen molar-refractivity contribution in [1.29, 1.82) is 0 Å². The third kappa shape index (κ3) is 10.9. The molecule has 0 aliphatic heterocycles. The maximum atomic E-state index is 12.5. The molecule has 5 nitrogen and oxygen atoms in total. The number of thiocarbonyl (C=S) groups is 2. The molecule has 0 aliphatic rings. The SMILES string of the molecule is NC(=S)Nc1cccc(OCCCCCCCCNC(=S)Nc2ccc(CF)cc2)c1. The number of unbranched alkanes of at least 4 members (excludes halogenated alkanes) is 5. The molecule has 0 bridgehead atoms. The second-order valence-corrected chi connectivity index (χ2v) is 8.05. The lowest BCUT2D eigenvalue weighted by molar-refractivity contribution is 0.304. The summed E-state index contributed by atoms with van der Waals surface area (Å²) in [6.45, 7) is 1.09. The van der Waals surface area contributed by atoms with Crippen LogP contribution in [-0.4, -0.2) is 23.4 Å². The maximum Gasteiger partial charge on any atom is 0.170 e. The first-order chi connectivity index (χ1) is 15.1. The van der Waals surface area contributed by atoms with Gasteiger partial charge in [0.05, 0.1) is 6.61 Å². The molecule has 0 spiro atoms. The monoisotopic (exact) mass is 462 g/mol. The van der Waals surface area contributed by atoms with Crippen LogP contribution in [0.1, 0.15) is 44.1 Å². The normalized spacial score (nSPS) is 10.4. The van der Waals surface area contributed by atoms with Crippen molar-refractivity contribution in [3.63, 3.8) is 0 Å². The fraction of sp³-hybridized carbons (Fsp3) is 0.391. The average Bonchev–Trinajstić information content (AvgIpc) is 2.75. The van der Waals surface area contributed by atoms with Crippen molar-refractivity contribution >= 4 is 46.0 Å². The van der Waals surface area contributed by atoms with Crippen LogP contribution in [-0.2, 0) is 6.67 Å². The molecule has 0 heterocycles. The third-order valence-corrected chi connectivity index (χ3v) is 4.94. The molecule has 2 rings (SSSR count). The van der Waals surface area contributed by atoms with Gasteiger partial charge in [0.2, 0.25) is 0 Å². The molecule has 0 aliphatic carbocycles. The van der Waals surface area contributed by atoms with E-state index in [2.05, 4.69) is 16.0 Å². The molecule has 0 saturated heterocycles. The van der Waals surface area contributed by atoms with Gasteiger partial charge in [0, 0.05) is 24.0 Å². The summed E-state index contributed by atoms with van der Waals surface area (Å²) in [4.78, 5) is 0. The Morgan fingerprint density at radius 1 is 0.871 bits per heavy atom. The second kappa shape index (κ2) is 14.5. The number of hydrogen-bond donors (Lipinski definition) is 4. The Hall–Kier alpha value is -2.45. The summed E-state index contributed by atoms with van der Waals surface area (Å²) in [5, 5.41) is 10.1. The number of hydrogen-bond acceptors (Lipinski definition) is 3. The van der Waals surface area contributed by atoms with Crippen LogP contribution < -0.4 is 26.4 Å². The minimum absolute atomic E-state index is 0.245. The van der Waals surface area contributed by atoms with Crippen LogP contribution >= 0.6 is 24.4 Å². The predicted molar refractivity (Wildman–Crippen MR) is 136 cm³/mol. The van der Waals surface area contributed by atoms with E-state index in [4.69, 9.17) is 34.9 Å². The average molecular weight is 463 g/mol. The molecule has 2 aromatic rings. The van der Waals surface area contributed by atoms with Gasteiger partial charge in [-0.2, -0.15) is 0 Å². The first-order valence-corrected chi connectivity index (χ1v) is 11.4. The fourth-order valence-corrected chi connectivity index (χ4v) is 3.32. The van der Waals surface area contributed by atoms with E-state index in [1.165, 1.54) is 12.8 Å². The zero-order valence-corrected chi connectivity index (χ0v) is 19.3. The van der Waals surface area contributed by atoms with Gasteiger partial charge in [-0.3, -0.25) is 0 Å². The van der Waals surface area contributed by atoms with Crippen LogP contribution in [0.5, 0.6) is 5.75 Å². The molecular formula is C23H31FN4OS2. The van der Waals surface area contributed by atoms with Crippen molar-refractivity contribution in [2.75, 3.05) is 23.8 Å².